The summed E-state index contributed by atoms with van der Waals surface area (Å²) in [5.41, 5.74) is 4.52. The molecule has 28 heavy (non-hydrogen) atoms. The van der Waals surface area contributed by atoms with Gasteiger partial charge in [0.05, 0.1) is 11.1 Å². The molecule has 1 atom stereocenters. The van der Waals surface area contributed by atoms with Gasteiger partial charge in [-0.1, -0.05) is 6.08 Å². The molecule has 0 bridgehead atoms. The monoisotopic (exact) mass is 384 g/mol. The predicted octanol–water partition coefficient (Wildman–Crippen LogP) is 2.18. The number of H-pyrrole nitrogens is 1. The van der Waals surface area contributed by atoms with Crippen molar-refractivity contribution in [1.29, 1.82) is 0 Å². The number of halogens is 1. The van der Waals surface area contributed by atoms with Gasteiger partial charge in [0.2, 0.25) is 0 Å². The van der Waals surface area contributed by atoms with E-state index in [2.05, 4.69) is 20.9 Å². The maximum absolute atomic E-state index is 13.8. The largest absolute Gasteiger partial charge is 0.358 e. The standard InChI is InChI=1S/C21H25FN4O2/c1-11-18(10-16-15-9-13(22)3-4-17(15)26-20(16)27)24-12(2)19(11)21(28)25-14-5-7-23-8-6-14/h4,9-10,13-14,23-24H,3,5-8H2,1-2H3,(H,25,28)(H,26,27)/b16-10-. The summed E-state index contributed by atoms with van der Waals surface area (Å²) in [6.07, 6.45) is 5.92. The Kier molecular flexibility index (Phi) is 4.93. The fraction of sp³-hybridized carbons (Fsp3) is 0.429. The highest BCUT2D eigenvalue weighted by Crippen LogP contribution is 2.33. The molecule has 3 aliphatic rings. The van der Waals surface area contributed by atoms with E-state index in [1.807, 2.05) is 13.8 Å². The van der Waals surface area contributed by atoms with Crippen molar-refractivity contribution in [3.63, 3.8) is 0 Å². The maximum atomic E-state index is 13.8. The number of allylic oxidation sites excluding steroid dienone is 3. The number of hydrogen-bond acceptors (Lipinski definition) is 3. The Labute approximate surface area is 163 Å². The molecule has 4 N–H and O–H groups in total. The van der Waals surface area contributed by atoms with Crippen molar-refractivity contribution in [2.45, 2.75) is 45.3 Å². The lowest BCUT2D eigenvalue weighted by molar-refractivity contribution is -0.115. The van der Waals surface area contributed by atoms with Crippen molar-refractivity contribution in [3.05, 3.63) is 51.5 Å². The highest BCUT2D eigenvalue weighted by molar-refractivity contribution is 6.09. The normalized spacial score (nSPS) is 23.9. The van der Waals surface area contributed by atoms with E-state index in [-0.39, 0.29) is 24.3 Å². The van der Waals surface area contributed by atoms with Crippen LogP contribution in [0.1, 0.15) is 46.6 Å². The maximum Gasteiger partial charge on any atom is 0.256 e. The van der Waals surface area contributed by atoms with Crippen LogP contribution in [0.15, 0.2) is 29.0 Å². The highest BCUT2D eigenvalue weighted by atomic mass is 19.1. The molecule has 6 nitrogen and oxygen atoms in total. The lowest BCUT2D eigenvalue weighted by Crippen LogP contribution is -2.42. The smallest absolute Gasteiger partial charge is 0.256 e. The van der Waals surface area contributed by atoms with Gasteiger partial charge in [0.25, 0.3) is 11.8 Å². The minimum Gasteiger partial charge on any atom is -0.358 e. The van der Waals surface area contributed by atoms with E-state index in [4.69, 9.17) is 0 Å². The van der Waals surface area contributed by atoms with Crippen LogP contribution < -0.4 is 16.0 Å². The molecular formula is C21H25FN4O2. The molecule has 1 aromatic rings. The number of aromatic amines is 1. The van der Waals surface area contributed by atoms with Crippen molar-refractivity contribution < 1.29 is 14.0 Å². The van der Waals surface area contributed by atoms with Gasteiger partial charge in [-0.05, 0) is 57.5 Å². The summed E-state index contributed by atoms with van der Waals surface area (Å²) in [7, 11) is 0. The molecule has 148 valence electrons. The number of aromatic nitrogens is 1. The lowest BCUT2D eigenvalue weighted by atomic mass is 9.97. The summed E-state index contributed by atoms with van der Waals surface area (Å²) < 4.78 is 13.8. The number of alkyl halides is 1. The van der Waals surface area contributed by atoms with Gasteiger partial charge in [-0.25, -0.2) is 4.39 Å². The Morgan fingerprint density at radius 2 is 2.04 bits per heavy atom. The van der Waals surface area contributed by atoms with Crippen molar-refractivity contribution in [2.24, 2.45) is 0 Å². The first-order valence-electron chi connectivity index (χ1n) is 9.74. The van der Waals surface area contributed by atoms with Crippen molar-refractivity contribution in [3.8, 4) is 0 Å². The molecular weight excluding hydrogens is 359 g/mol. The Morgan fingerprint density at radius 1 is 1.29 bits per heavy atom. The second-order valence-electron chi connectivity index (χ2n) is 7.62. The van der Waals surface area contributed by atoms with Crippen LogP contribution in [0.2, 0.25) is 0 Å². The van der Waals surface area contributed by atoms with Crippen molar-refractivity contribution in [1.82, 2.24) is 20.9 Å². The summed E-state index contributed by atoms with van der Waals surface area (Å²) >= 11 is 0. The van der Waals surface area contributed by atoms with E-state index >= 15 is 0 Å². The van der Waals surface area contributed by atoms with Crippen molar-refractivity contribution in [2.75, 3.05) is 13.1 Å². The van der Waals surface area contributed by atoms with Gasteiger partial charge < -0.3 is 20.9 Å². The Bertz CT molecular complexity index is 919. The molecule has 4 rings (SSSR count). The predicted molar refractivity (Wildman–Crippen MR) is 105 cm³/mol. The van der Waals surface area contributed by atoms with Gasteiger partial charge in [-0.2, -0.15) is 0 Å². The Balaban J connectivity index is 1.62. The molecule has 0 aromatic carbocycles. The van der Waals surface area contributed by atoms with Gasteiger partial charge in [-0.15, -0.1) is 0 Å². The average Bonchev–Trinajstić information content (AvgIpc) is 3.12. The van der Waals surface area contributed by atoms with Crippen LogP contribution >= 0.6 is 0 Å². The van der Waals surface area contributed by atoms with Gasteiger partial charge >= 0.3 is 0 Å². The van der Waals surface area contributed by atoms with Crippen LogP contribution in [-0.2, 0) is 4.79 Å². The minimum atomic E-state index is -1.09. The van der Waals surface area contributed by atoms with Crippen LogP contribution in [0, 0.1) is 13.8 Å². The molecule has 0 spiro atoms. The van der Waals surface area contributed by atoms with Crippen molar-refractivity contribution >= 4 is 17.9 Å². The summed E-state index contributed by atoms with van der Waals surface area (Å²) in [6.45, 7) is 5.53. The van der Waals surface area contributed by atoms with Gasteiger partial charge in [-0.3, -0.25) is 9.59 Å². The number of rotatable bonds is 3. The number of carbonyl (C=O) groups excluding carboxylic acids is 2. The van der Waals surface area contributed by atoms with E-state index in [0.717, 1.165) is 37.2 Å². The quantitative estimate of drug-likeness (QED) is 0.603. The number of nitrogens with one attached hydrogen (secondary N) is 4. The molecule has 2 amide bonds. The minimum absolute atomic E-state index is 0.0973. The molecule has 1 aliphatic carbocycles. The van der Waals surface area contributed by atoms with Gasteiger partial charge in [0, 0.05) is 35.1 Å². The zero-order valence-corrected chi connectivity index (χ0v) is 16.1. The van der Waals surface area contributed by atoms with E-state index in [0.29, 0.717) is 28.1 Å². The van der Waals surface area contributed by atoms with Crippen LogP contribution in [0.5, 0.6) is 0 Å². The van der Waals surface area contributed by atoms with Crippen LogP contribution in [0.4, 0.5) is 4.39 Å². The first-order chi connectivity index (χ1) is 13.4. The van der Waals surface area contributed by atoms with Crippen LogP contribution in [0.3, 0.4) is 0 Å². The molecule has 1 aromatic heterocycles. The fourth-order valence-electron chi connectivity index (χ4n) is 4.11. The summed E-state index contributed by atoms with van der Waals surface area (Å²) in [5, 5.41) is 9.18. The third-order valence-electron chi connectivity index (χ3n) is 5.63. The first kappa shape index (κ1) is 18.7. The number of carbonyl (C=O) groups is 2. The van der Waals surface area contributed by atoms with Gasteiger partial charge in [0.1, 0.15) is 6.17 Å². The number of hydrogen-bond donors (Lipinski definition) is 4. The van der Waals surface area contributed by atoms with E-state index in [9.17, 15) is 14.0 Å². The molecule has 1 unspecified atom stereocenters. The first-order valence-corrected chi connectivity index (χ1v) is 9.74. The zero-order valence-electron chi connectivity index (χ0n) is 16.1. The molecule has 2 saturated heterocycles. The summed E-state index contributed by atoms with van der Waals surface area (Å²) in [4.78, 5) is 28.4. The topological polar surface area (TPSA) is 86.0 Å². The zero-order chi connectivity index (χ0) is 19.8. The fourth-order valence-corrected chi connectivity index (χ4v) is 4.11. The second-order valence-corrected chi connectivity index (χ2v) is 7.62. The molecule has 2 aliphatic heterocycles. The SMILES string of the molecule is Cc1[nH]c(/C=C2\C(=O)NC3=CCC(F)C=C32)c(C)c1C(=O)NC1CCNCC1. The number of fused-ring (bicyclic) bond motifs is 1. The molecule has 3 heterocycles. The number of amides is 2. The molecule has 0 radical (unpaired) electrons. The average molecular weight is 384 g/mol. The molecule has 0 saturated carbocycles. The lowest BCUT2D eigenvalue weighted by Gasteiger charge is -2.23. The van der Waals surface area contributed by atoms with Crippen LogP contribution in [0.25, 0.3) is 6.08 Å². The highest BCUT2D eigenvalue weighted by Gasteiger charge is 2.31. The summed E-state index contributed by atoms with van der Waals surface area (Å²) in [5.74, 6) is -0.348. The third-order valence-corrected chi connectivity index (χ3v) is 5.63. The Hall–Kier alpha value is -2.67. The van der Waals surface area contributed by atoms with E-state index in [1.54, 1.807) is 12.2 Å². The number of piperidine rings is 1. The summed E-state index contributed by atoms with van der Waals surface area (Å²) in [6, 6.07) is 0.173. The molecule has 7 heteroatoms. The third kappa shape index (κ3) is 3.42. The second kappa shape index (κ2) is 7.39. The number of aryl methyl sites for hydroxylation is 1. The van der Waals surface area contributed by atoms with Gasteiger partial charge in [0.15, 0.2) is 0 Å². The van der Waals surface area contributed by atoms with E-state index in [1.165, 1.54) is 6.08 Å². The molecule has 2 fully saturated rings. The van der Waals surface area contributed by atoms with E-state index < -0.39 is 6.17 Å². The Morgan fingerprint density at radius 3 is 2.79 bits per heavy atom. The van der Waals surface area contributed by atoms with Crippen LogP contribution in [-0.4, -0.2) is 42.1 Å².